The van der Waals surface area contributed by atoms with Crippen molar-refractivity contribution in [2.75, 3.05) is 31.1 Å². The number of rotatable bonds is 2. The molecule has 1 spiro atoms. The number of nitrogens with one attached hydrogen (secondary N) is 1. The lowest BCUT2D eigenvalue weighted by Gasteiger charge is -2.41. The first-order chi connectivity index (χ1) is 11.0. The second-order valence-corrected chi connectivity index (χ2v) is 7.55. The molecule has 0 aliphatic carbocycles. The van der Waals surface area contributed by atoms with E-state index < -0.39 is 0 Å². The highest BCUT2D eigenvalue weighted by atomic mass is 32.1. The van der Waals surface area contributed by atoms with Crippen molar-refractivity contribution in [1.29, 1.82) is 0 Å². The molecule has 1 aromatic heterocycles. The van der Waals surface area contributed by atoms with Crippen molar-refractivity contribution >= 4 is 28.3 Å². The lowest BCUT2D eigenvalue weighted by Crippen LogP contribution is -2.61. The molecular weight excluding hydrogens is 314 g/mol. The average molecular weight is 337 g/mol. The van der Waals surface area contributed by atoms with Gasteiger partial charge < -0.3 is 15.1 Å². The van der Waals surface area contributed by atoms with Crippen molar-refractivity contribution in [3.8, 4) is 0 Å². The Bertz CT molecular complexity index is 576. The zero-order valence-electron chi connectivity index (χ0n) is 13.6. The van der Waals surface area contributed by atoms with E-state index in [1.165, 1.54) is 11.3 Å². The molecule has 3 heterocycles. The van der Waals surface area contributed by atoms with Crippen molar-refractivity contribution in [3.05, 3.63) is 5.51 Å². The number of carbonyl (C=O) groups is 2. The van der Waals surface area contributed by atoms with Crippen LogP contribution < -0.4 is 10.2 Å². The van der Waals surface area contributed by atoms with Crippen molar-refractivity contribution in [2.24, 2.45) is 5.92 Å². The van der Waals surface area contributed by atoms with E-state index in [-0.39, 0.29) is 23.3 Å². The summed E-state index contributed by atoms with van der Waals surface area (Å²) in [6.07, 6.45) is 2.31. The van der Waals surface area contributed by atoms with Gasteiger partial charge in [0.25, 0.3) is 0 Å². The molecule has 0 aromatic carbocycles. The van der Waals surface area contributed by atoms with Crippen LogP contribution in [0.15, 0.2) is 5.51 Å². The van der Waals surface area contributed by atoms with E-state index >= 15 is 0 Å². The van der Waals surface area contributed by atoms with Gasteiger partial charge in [0.05, 0.1) is 5.54 Å². The Balaban J connectivity index is 1.87. The minimum Gasteiger partial charge on any atom is -0.347 e. The molecule has 0 saturated carbocycles. The molecule has 1 aromatic rings. The monoisotopic (exact) mass is 337 g/mol. The van der Waals surface area contributed by atoms with E-state index in [0.717, 1.165) is 18.0 Å². The van der Waals surface area contributed by atoms with Crippen molar-refractivity contribution < 1.29 is 9.59 Å². The van der Waals surface area contributed by atoms with Gasteiger partial charge in [-0.25, -0.2) is 0 Å². The normalized spacial score (nSPS) is 25.6. The molecule has 2 fully saturated rings. The number of nitrogens with zero attached hydrogens (tertiary/aromatic N) is 4. The second kappa shape index (κ2) is 6.43. The summed E-state index contributed by atoms with van der Waals surface area (Å²) in [5.41, 5.74) is 1.32. The molecule has 1 N–H and O–H groups in total. The Morgan fingerprint density at radius 1 is 1.39 bits per heavy atom. The smallest absolute Gasteiger partial charge is 0.225 e. The first-order valence-corrected chi connectivity index (χ1v) is 8.98. The van der Waals surface area contributed by atoms with Crippen LogP contribution in [-0.2, 0) is 9.59 Å². The highest BCUT2D eigenvalue weighted by Gasteiger charge is 2.42. The standard InChI is InChI=1S/C15H23N5O2S/c1-11(2)13(22)19-6-7-20(14-18-16-10-23-14)9-15(8-19)5-3-4-12(21)17-15/h10-11H,3-9H2,1-2H3,(H,17,21)/t15-/m1/s1. The van der Waals surface area contributed by atoms with E-state index in [4.69, 9.17) is 0 Å². The molecule has 2 aliphatic heterocycles. The maximum atomic E-state index is 12.5. The van der Waals surface area contributed by atoms with Gasteiger partial charge in [0.1, 0.15) is 5.51 Å². The maximum Gasteiger partial charge on any atom is 0.225 e. The lowest BCUT2D eigenvalue weighted by atomic mass is 9.87. The van der Waals surface area contributed by atoms with Gasteiger partial charge in [-0.05, 0) is 12.8 Å². The molecule has 2 amide bonds. The van der Waals surface area contributed by atoms with Crippen molar-refractivity contribution in [2.45, 2.75) is 38.6 Å². The fourth-order valence-corrected chi connectivity index (χ4v) is 4.03. The van der Waals surface area contributed by atoms with E-state index in [2.05, 4.69) is 20.4 Å². The summed E-state index contributed by atoms with van der Waals surface area (Å²) >= 11 is 1.49. The second-order valence-electron chi connectivity index (χ2n) is 6.74. The third kappa shape index (κ3) is 3.46. The molecule has 126 valence electrons. The summed E-state index contributed by atoms with van der Waals surface area (Å²) in [4.78, 5) is 28.6. The fraction of sp³-hybridized carbons (Fsp3) is 0.733. The van der Waals surface area contributed by atoms with Crippen LogP contribution in [0.2, 0.25) is 0 Å². The largest absolute Gasteiger partial charge is 0.347 e. The molecule has 23 heavy (non-hydrogen) atoms. The van der Waals surface area contributed by atoms with Crippen molar-refractivity contribution in [1.82, 2.24) is 20.4 Å². The summed E-state index contributed by atoms with van der Waals surface area (Å²) in [7, 11) is 0. The quantitative estimate of drug-likeness (QED) is 0.867. The predicted molar refractivity (Wildman–Crippen MR) is 88.3 cm³/mol. The fourth-order valence-electron chi connectivity index (χ4n) is 3.45. The van der Waals surface area contributed by atoms with Crippen LogP contribution in [-0.4, -0.2) is 58.6 Å². The first kappa shape index (κ1) is 16.2. The number of piperidine rings is 1. The number of anilines is 1. The number of hydrogen-bond acceptors (Lipinski definition) is 6. The minimum atomic E-state index is -0.387. The van der Waals surface area contributed by atoms with Crippen LogP contribution in [0.4, 0.5) is 5.13 Å². The van der Waals surface area contributed by atoms with Gasteiger partial charge in [-0.2, -0.15) is 0 Å². The number of carbonyl (C=O) groups excluding carboxylic acids is 2. The summed E-state index contributed by atoms with van der Waals surface area (Å²) in [5, 5.41) is 12.1. The zero-order chi connectivity index (χ0) is 16.4. The Hall–Kier alpha value is -1.70. The summed E-state index contributed by atoms with van der Waals surface area (Å²) in [5.74, 6) is 0.176. The summed E-state index contributed by atoms with van der Waals surface area (Å²) < 4.78 is 0. The molecule has 8 heteroatoms. The van der Waals surface area contributed by atoms with Gasteiger partial charge in [-0.3, -0.25) is 9.59 Å². The van der Waals surface area contributed by atoms with Gasteiger partial charge in [-0.1, -0.05) is 25.2 Å². The molecule has 1 atom stereocenters. The summed E-state index contributed by atoms with van der Waals surface area (Å²) in [6.45, 7) is 6.45. The zero-order valence-corrected chi connectivity index (χ0v) is 14.4. The van der Waals surface area contributed by atoms with Gasteiger partial charge in [0.15, 0.2) is 0 Å². The third-order valence-corrected chi connectivity index (χ3v) is 5.27. The first-order valence-electron chi connectivity index (χ1n) is 8.10. The molecule has 7 nitrogen and oxygen atoms in total. The summed E-state index contributed by atoms with van der Waals surface area (Å²) in [6, 6.07) is 0. The Labute approximate surface area is 140 Å². The van der Waals surface area contributed by atoms with Crippen LogP contribution in [0.5, 0.6) is 0 Å². The highest BCUT2D eigenvalue weighted by molar-refractivity contribution is 7.13. The van der Waals surface area contributed by atoms with Gasteiger partial charge >= 0.3 is 0 Å². The average Bonchev–Trinajstić information content (AvgIpc) is 2.97. The predicted octanol–water partition coefficient (Wildman–Crippen LogP) is 0.882. The molecule has 0 bridgehead atoms. The maximum absolute atomic E-state index is 12.5. The lowest BCUT2D eigenvalue weighted by molar-refractivity contribution is -0.136. The molecule has 0 radical (unpaired) electrons. The SMILES string of the molecule is CC(C)C(=O)N1CCN(c2nncs2)C[C@@]2(CCCC(=O)N2)C1. The molecule has 2 saturated heterocycles. The molecule has 3 rings (SSSR count). The third-order valence-electron chi connectivity index (χ3n) is 4.52. The van der Waals surface area contributed by atoms with Gasteiger partial charge in [0.2, 0.25) is 16.9 Å². The topological polar surface area (TPSA) is 78.4 Å². The van der Waals surface area contributed by atoms with Crippen LogP contribution in [0.1, 0.15) is 33.1 Å². The van der Waals surface area contributed by atoms with Crippen LogP contribution >= 0.6 is 11.3 Å². The van der Waals surface area contributed by atoms with Crippen LogP contribution in [0, 0.1) is 5.92 Å². The van der Waals surface area contributed by atoms with E-state index in [1.807, 2.05) is 18.7 Å². The minimum absolute atomic E-state index is 0.0422. The molecule has 2 aliphatic rings. The number of aromatic nitrogens is 2. The number of hydrogen-bond donors (Lipinski definition) is 1. The van der Waals surface area contributed by atoms with Crippen molar-refractivity contribution in [3.63, 3.8) is 0 Å². The molecular formula is C15H23N5O2S. The van der Waals surface area contributed by atoms with E-state index in [9.17, 15) is 9.59 Å². The van der Waals surface area contributed by atoms with Gasteiger partial charge in [-0.15, -0.1) is 10.2 Å². The molecule has 0 unspecified atom stereocenters. The number of amides is 2. The van der Waals surface area contributed by atoms with Crippen LogP contribution in [0.25, 0.3) is 0 Å². The Morgan fingerprint density at radius 3 is 2.87 bits per heavy atom. The van der Waals surface area contributed by atoms with E-state index in [1.54, 1.807) is 5.51 Å². The Kier molecular flexibility index (Phi) is 4.52. The van der Waals surface area contributed by atoms with Gasteiger partial charge in [0, 0.05) is 38.5 Å². The van der Waals surface area contributed by atoms with E-state index in [0.29, 0.717) is 32.6 Å². The highest BCUT2D eigenvalue weighted by Crippen LogP contribution is 2.28. The Morgan fingerprint density at radius 2 is 2.22 bits per heavy atom. The van der Waals surface area contributed by atoms with Crippen LogP contribution in [0.3, 0.4) is 0 Å².